The number of thioether (sulfide) groups is 1. The molecule has 0 radical (unpaired) electrons. The fourth-order valence-electron chi connectivity index (χ4n) is 4.91. The first-order valence-electron chi connectivity index (χ1n) is 13.2. The second kappa shape index (κ2) is 13.6. The molecule has 2 fully saturated rings. The number of hydrogen-bond donors (Lipinski definition) is 0. The highest BCUT2D eigenvalue weighted by Gasteiger charge is 2.55. The Kier molecular flexibility index (Phi) is 9.95. The molecule has 3 aromatic rings. The lowest BCUT2D eigenvalue weighted by molar-refractivity contribution is -0.350. The second-order valence-electron chi connectivity index (χ2n) is 9.55. The Morgan fingerprint density at radius 1 is 0.923 bits per heavy atom. The molecule has 2 aliphatic heterocycles. The van der Waals surface area contributed by atoms with Crippen molar-refractivity contribution >= 4 is 34.4 Å². The summed E-state index contributed by atoms with van der Waals surface area (Å²) >= 11 is 3.96. The van der Waals surface area contributed by atoms with E-state index in [1.807, 2.05) is 84.9 Å². The number of nitrogens with zero attached hydrogens (tertiary/aromatic N) is 1. The molecule has 2 heterocycles. The van der Waals surface area contributed by atoms with Crippen molar-refractivity contribution in [3.8, 4) is 6.07 Å². The number of halogens is 1. The Morgan fingerprint density at radius 2 is 1.54 bits per heavy atom. The molecule has 6 nitrogen and oxygen atoms in total. The Bertz CT molecular complexity index is 1240. The van der Waals surface area contributed by atoms with E-state index in [0.717, 1.165) is 26.0 Å². The highest BCUT2D eigenvalue weighted by molar-refractivity contribution is 14.1. The van der Waals surface area contributed by atoms with Gasteiger partial charge in [-0.25, -0.2) is 0 Å². The van der Waals surface area contributed by atoms with Crippen LogP contribution in [0.4, 0.5) is 0 Å². The van der Waals surface area contributed by atoms with E-state index >= 15 is 0 Å². The third-order valence-corrected chi connectivity index (χ3v) is 8.94. The molecule has 6 atom stereocenters. The molecule has 8 heteroatoms. The molecule has 3 aromatic carbocycles. The lowest BCUT2D eigenvalue weighted by Crippen LogP contribution is -2.66. The maximum Gasteiger partial charge on any atom is 0.264 e. The maximum absolute atomic E-state index is 10.3. The van der Waals surface area contributed by atoms with Crippen molar-refractivity contribution in [2.45, 2.75) is 62.2 Å². The summed E-state index contributed by atoms with van der Waals surface area (Å²) in [4.78, 5) is 0. The van der Waals surface area contributed by atoms with Gasteiger partial charge in [-0.05, 0) is 51.1 Å². The fourth-order valence-corrected chi connectivity index (χ4v) is 6.46. The van der Waals surface area contributed by atoms with E-state index in [2.05, 4.69) is 35.6 Å². The van der Waals surface area contributed by atoms with Crippen LogP contribution >= 0.6 is 34.4 Å². The fraction of sp³-hybridized carbons (Fsp3) is 0.387. The van der Waals surface area contributed by atoms with Gasteiger partial charge in [-0.1, -0.05) is 85.8 Å². The van der Waals surface area contributed by atoms with Gasteiger partial charge in [-0.15, -0.1) is 11.8 Å². The second-order valence-corrected chi connectivity index (χ2v) is 12.1. The summed E-state index contributed by atoms with van der Waals surface area (Å²) in [6.45, 7) is 3.15. The number of rotatable bonds is 10. The third-order valence-electron chi connectivity index (χ3n) is 6.85. The van der Waals surface area contributed by atoms with Gasteiger partial charge in [0.1, 0.15) is 35.9 Å². The van der Waals surface area contributed by atoms with E-state index in [9.17, 15) is 5.26 Å². The Balaban J connectivity index is 1.43. The van der Waals surface area contributed by atoms with Crippen molar-refractivity contribution in [1.82, 2.24) is 0 Å². The monoisotopic (exact) mass is 657 g/mol. The zero-order valence-electron chi connectivity index (χ0n) is 21.8. The van der Waals surface area contributed by atoms with E-state index < -0.39 is 24.1 Å². The van der Waals surface area contributed by atoms with E-state index in [1.165, 1.54) is 0 Å². The number of nitriles is 1. The lowest BCUT2D eigenvalue weighted by atomic mass is 9.96. The van der Waals surface area contributed by atoms with Crippen LogP contribution in [0.5, 0.6) is 0 Å². The van der Waals surface area contributed by atoms with Crippen LogP contribution in [-0.4, -0.2) is 48.0 Å². The molecule has 0 N–H and O–H groups in total. The van der Waals surface area contributed by atoms with Gasteiger partial charge in [-0.2, -0.15) is 5.26 Å². The average molecular weight is 658 g/mol. The topological polar surface area (TPSA) is 69.9 Å². The first kappa shape index (κ1) is 28.6. The molecule has 0 saturated carbocycles. The first-order chi connectivity index (χ1) is 19.1. The summed E-state index contributed by atoms with van der Waals surface area (Å²) in [5.74, 6) is -0.593. The molecule has 2 saturated heterocycles. The van der Waals surface area contributed by atoms with Crippen LogP contribution in [0.3, 0.4) is 0 Å². The summed E-state index contributed by atoms with van der Waals surface area (Å²) in [5.41, 5.74) is 2.85. The highest BCUT2D eigenvalue weighted by atomic mass is 127. The first-order valence-corrected chi connectivity index (χ1v) is 15.3. The number of fused-ring (bicyclic) bond motifs is 1. The van der Waals surface area contributed by atoms with Gasteiger partial charge in [0.25, 0.3) is 5.79 Å². The molecule has 0 bridgehead atoms. The summed E-state index contributed by atoms with van der Waals surface area (Å²) in [7, 11) is 0. The van der Waals surface area contributed by atoms with Gasteiger partial charge in [-0.3, -0.25) is 0 Å². The van der Waals surface area contributed by atoms with Gasteiger partial charge in [0.05, 0.1) is 19.8 Å². The molecule has 39 heavy (non-hydrogen) atoms. The molecular formula is C31H32INO5S. The van der Waals surface area contributed by atoms with Gasteiger partial charge >= 0.3 is 0 Å². The Labute approximate surface area is 248 Å². The molecule has 2 aliphatic rings. The minimum absolute atomic E-state index is 0.235. The van der Waals surface area contributed by atoms with Gasteiger partial charge < -0.3 is 23.7 Å². The van der Waals surface area contributed by atoms with Gasteiger partial charge in [0, 0.05) is 9.99 Å². The van der Waals surface area contributed by atoms with Crippen molar-refractivity contribution in [2.75, 3.05) is 12.4 Å². The molecule has 204 valence electrons. The Morgan fingerprint density at radius 3 is 2.15 bits per heavy atom. The van der Waals surface area contributed by atoms with Gasteiger partial charge in [0.2, 0.25) is 0 Å². The average Bonchev–Trinajstić information content (AvgIpc) is 2.98. The van der Waals surface area contributed by atoms with Crippen molar-refractivity contribution in [2.24, 2.45) is 0 Å². The summed E-state index contributed by atoms with van der Waals surface area (Å²) < 4.78 is 33.4. The quantitative estimate of drug-likeness (QED) is 0.244. The normalized spacial score (nSPS) is 28.4. The van der Waals surface area contributed by atoms with E-state index in [0.29, 0.717) is 19.6 Å². The van der Waals surface area contributed by atoms with Crippen LogP contribution in [0, 0.1) is 14.9 Å². The van der Waals surface area contributed by atoms with E-state index in [1.54, 1.807) is 11.8 Å². The van der Waals surface area contributed by atoms with Crippen LogP contribution in [0.1, 0.15) is 23.6 Å². The zero-order valence-corrected chi connectivity index (χ0v) is 24.8. The van der Waals surface area contributed by atoms with E-state index in [-0.39, 0.29) is 18.1 Å². The number of benzene rings is 3. The predicted molar refractivity (Wildman–Crippen MR) is 159 cm³/mol. The van der Waals surface area contributed by atoms with Crippen molar-refractivity contribution < 1.29 is 23.7 Å². The predicted octanol–water partition coefficient (Wildman–Crippen LogP) is 6.12. The summed E-state index contributed by atoms with van der Waals surface area (Å²) in [6.07, 6.45) is -1.50. The van der Waals surface area contributed by atoms with Crippen LogP contribution in [0.15, 0.2) is 84.9 Å². The van der Waals surface area contributed by atoms with Crippen LogP contribution in [0.25, 0.3) is 0 Å². The molecule has 5 rings (SSSR count). The smallest absolute Gasteiger partial charge is 0.264 e. The minimum Gasteiger partial charge on any atom is -0.368 e. The largest absolute Gasteiger partial charge is 0.368 e. The van der Waals surface area contributed by atoms with Crippen LogP contribution < -0.4 is 0 Å². The van der Waals surface area contributed by atoms with E-state index in [4.69, 9.17) is 23.7 Å². The van der Waals surface area contributed by atoms with Crippen molar-refractivity contribution in [1.29, 1.82) is 5.26 Å². The maximum atomic E-state index is 10.3. The highest BCUT2D eigenvalue weighted by Crippen LogP contribution is 2.40. The zero-order chi connectivity index (χ0) is 27.1. The molecule has 0 amide bonds. The SMILES string of the molecule is CCS[C@@H]1O[C@@H]2CO[C@@](C#N)(Cc3ccccc3I)O[C@H]2[C@H](OCc2ccccc2)[C@H]1OCc1ccccc1. The summed E-state index contributed by atoms with van der Waals surface area (Å²) in [6, 6.07) is 30.4. The minimum atomic E-state index is -1.45. The van der Waals surface area contributed by atoms with Crippen LogP contribution in [0.2, 0.25) is 0 Å². The molecular weight excluding hydrogens is 625 g/mol. The van der Waals surface area contributed by atoms with Crippen molar-refractivity contribution in [3.63, 3.8) is 0 Å². The molecule has 0 aromatic heterocycles. The molecule has 0 unspecified atom stereocenters. The Hall–Kier alpha value is -1.97. The van der Waals surface area contributed by atoms with Crippen molar-refractivity contribution in [3.05, 3.63) is 105 Å². The third kappa shape index (κ3) is 7.03. The van der Waals surface area contributed by atoms with Gasteiger partial charge in [0.15, 0.2) is 0 Å². The number of ether oxygens (including phenoxy) is 5. The number of hydrogen-bond acceptors (Lipinski definition) is 7. The summed E-state index contributed by atoms with van der Waals surface area (Å²) in [5, 5.41) is 10.3. The standard InChI is InChI=1S/C31H32INO5S/c1-2-39-30-29(35-19-23-13-7-4-8-14-23)28(34-18-22-11-5-3-6-12-22)27-26(37-30)20-36-31(21-33,38-27)17-24-15-9-10-16-25(24)32/h3-16,26-30H,2,17-20H2,1H3/t26-,27-,28+,29-,30+,31+/m1/s1. The lowest BCUT2D eigenvalue weighted by Gasteiger charge is -2.50. The molecule has 0 spiro atoms. The van der Waals surface area contributed by atoms with Crippen LogP contribution in [-0.2, 0) is 43.3 Å². The molecule has 0 aliphatic carbocycles.